The third-order valence-electron chi connectivity index (χ3n) is 4.73. The molecule has 4 rings (SSSR count). The molecule has 0 bridgehead atoms. The summed E-state index contributed by atoms with van der Waals surface area (Å²) < 4.78 is 1.51. The smallest absolute Gasteiger partial charge is 0.265 e. The van der Waals surface area contributed by atoms with Gasteiger partial charge in [-0.3, -0.25) is 14.2 Å². The van der Waals surface area contributed by atoms with Gasteiger partial charge in [-0.15, -0.1) is 0 Å². The Morgan fingerprint density at radius 2 is 1.83 bits per heavy atom. The summed E-state index contributed by atoms with van der Waals surface area (Å²) in [4.78, 5) is 30.5. The molecule has 1 N–H and O–H groups in total. The van der Waals surface area contributed by atoms with Gasteiger partial charge in [0.1, 0.15) is 11.2 Å². The van der Waals surface area contributed by atoms with E-state index < -0.39 is 11.5 Å². The standard InChI is InChI=1S/C23H17Cl2N3O2/c1-14-4-6-15(7-5-14)13-28-21-16(3-2-10-26-21)11-18(23(28)30)22(29)27-20-12-17(24)8-9-19(20)25/h2-12H,13H2,1H3,(H,27,29). The number of nitrogens with one attached hydrogen (secondary N) is 1. The third kappa shape index (κ3) is 4.08. The summed E-state index contributed by atoms with van der Waals surface area (Å²) in [5, 5.41) is 4.12. The van der Waals surface area contributed by atoms with Gasteiger partial charge < -0.3 is 5.32 Å². The van der Waals surface area contributed by atoms with Crippen LogP contribution in [0.2, 0.25) is 10.0 Å². The second kappa shape index (κ2) is 8.30. The minimum absolute atomic E-state index is 0.00125. The predicted molar refractivity (Wildman–Crippen MR) is 121 cm³/mol. The van der Waals surface area contributed by atoms with E-state index in [9.17, 15) is 9.59 Å². The van der Waals surface area contributed by atoms with Gasteiger partial charge in [0.15, 0.2) is 0 Å². The van der Waals surface area contributed by atoms with Gasteiger partial charge in [0, 0.05) is 16.6 Å². The molecule has 2 heterocycles. The van der Waals surface area contributed by atoms with E-state index in [0.29, 0.717) is 33.3 Å². The number of carbonyl (C=O) groups excluding carboxylic acids is 1. The van der Waals surface area contributed by atoms with Gasteiger partial charge in [-0.05, 0) is 48.9 Å². The van der Waals surface area contributed by atoms with Gasteiger partial charge in [-0.2, -0.15) is 0 Å². The van der Waals surface area contributed by atoms with E-state index >= 15 is 0 Å². The van der Waals surface area contributed by atoms with E-state index in [1.54, 1.807) is 30.5 Å². The van der Waals surface area contributed by atoms with Crippen LogP contribution in [0.1, 0.15) is 21.5 Å². The highest BCUT2D eigenvalue weighted by Crippen LogP contribution is 2.26. The van der Waals surface area contributed by atoms with Crippen molar-refractivity contribution in [1.82, 2.24) is 9.55 Å². The van der Waals surface area contributed by atoms with Crippen molar-refractivity contribution in [2.75, 3.05) is 5.32 Å². The molecular formula is C23H17Cl2N3O2. The first-order valence-electron chi connectivity index (χ1n) is 9.23. The molecule has 0 fully saturated rings. The number of carbonyl (C=O) groups is 1. The summed E-state index contributed by atoms with van der Waals surface area (Å²) in [6.45, 7) is 2.30. The van der Waals surface area contributed by atoms with Crippen LogP contribution in [0.5, 0.6) is 0 Å². The Balaban J connectivity index is 1.79. The van der Waals surface area contributed by atoms with Crippen molar-refractivity contribution in [3.63, 3.8) is 0 Å². The van der Waals surface area contributed by atoms with Gasteiger partial charge in [0.05, 0.1) is 17.3 Å². The van der Waals surface area contributed by atoms with Crippen LogP contribution in [0, 0.1) is 6.92 Å². The number of hydrogen-bond donors (Lipinski definition) is 1. The molecule has 0 atom stereocenters. The van der Waals surface area contributed by atoms with Crippen LogP contribution in [0.25, 0.3) is 11.0 Å². The number of aromatic nitrogens is 2. The lowest BCUT2D eigenvalue weighted by Crippen LogP contribution is -2.30. The maximum atomic E-state index is 13.2. The molecular weight excluding hydrogens is 421 g/mol. The molecule has 0 unspecified atom stereocenters. The van der Waals surface area contributed by atoms with Crippen LogP contribution in [-0.4, -0.2) is 15.5 Å². The summed E-state index contributed by atoms with van der Waals surface area (Å²) in [5.41, 5.74) is 2.48. The Kier molecular flexibility index (Phi) is 5.57. The van der Waals surface area contributed by atoms with Crippen molar-refractivity contribution in [2.24, 2.45) is 0 Å². The summed E-state index contributed by atoms with van der Waals surface area (Å²) in [5.74, 6) is -0.562. The van der Waals surface area contributed by atoms with E-state index in [1.165, 1.54) is 10.6 Å². The summed E-state index contributed by atoms with van der Waals surface area (Å²) in [7, 11) is 0. The van der Waals surface area contributed by atoms with Gasteiger partial charge in [-0.1, -0.05) is 53.0 Å². The first-order valence-corrected chi connectivity index (χ1v) is 9.98. The van der Waals surface area contributed by atoms with Crippen LogP contribution in [0.4, 0.5) is 5.69 Å². The zero-order valence-corrected chi connectivity index (χ0v) is 17.5. The second-order valence-electron chi connectivity index (χ2n) is 6.93. The summed E-state index contributed by atoms with van der Waals surface area (Å²) in [6.07, 6.45) is 1.62. The average molecular weight is 438 g/mol. The first-order chi connectivity index (χ1) is 14.4. The third-order valence-corrected chi connectivity index (χ3v) is 5.30. The number of rotatable bonds is 4. The van der Waals surface area contributed by atoms with Gasteiger partial charge in [-0.25, -0.2) is 4.98 Å². The van der Waals surface area contributed by atoms with Gasteiger partial charge in [0.2, 0.25) is 0 Å². The normalized spacial score (nSPS) is 10.9. The number of aryl methyl sites for hydroxylation is 1. The fraction of sp³-hybridized carbons (Fsp3) is 0.0870. The number of anilines is 1. The molecule has 4 aromatic rings. The number of benzene rings is 2. The number of hydrogen-bond acceptors (Lipinski definition) is 3. The number of halogens is 2. The predicted octanol–water partition coefficient (Wildman–Crippen LogP) is 5.31. The number of amides is 1. The molecule has 2 aromatic heterocycles. The van der Waals surface area contributed by atoms with Crippen LogP contribution in [0.3, 0.4) is 0 Å². The van der Waals surface area contributed by atoms with Crippen LogP contribution < -0.4 is 10.9 Å². The highest BCUT2D eigenvalue weighted by atomic mass is 35.5. The van der Waals surface area contributed by atoms with Crippen LogP contribution in [-0.2, 0) is 6.54 Å². The number of nitrogens with zero attached hydrogens (tertiary/aromatic N) is 2. The summed E-state index contributed by atoms with van der Waals surface area (Å²) in [6, 6.07) is 17.7. The Bertz CT molecular complexity index is 1310. The molecule has 0 aliphatic rings. The number of fused-ring (bicyclic) bond motifs is 1. The van der Waals surface area contributed by atoms with Crippen molar-refractivity contribution in [3.05, 3.63) is 104 Å². The van der Waals surface area contributed by atoms with E-state index in [-0.39, 0.29) is 5.56 Å². The largest absolute Gasteiger partial charge is 0.320 e. The molecule has 0 radical (unpaired) electrons. The van der Waals surface area contributed by atoms with Crippen molar-refractivity contribution in [3.8, 4) is 0 Å². The molecule has 30 heavy (non-hydrogen) atoms. The van der Waals surface area contributed by atoms with E-state index in [1.807, 2.05) is 37.3 Å². The molecule has 7 heteroatoms. The SMILES string of the molecule is Cc1ccc(Cn2c(=O)c(C(=O)Nc3cc(Cl)ccc3Cl)cc3cccnc32)cc1. The first kappa shape index (κ1) is 20.1. The zero-order valence-electron chi connectivity index (χ0n) is 16.0. The molecule has 0 spiro atoms. The van der Waals surface area contributed by atoms with Gasteiger partial charge in [0.25, 0.3) is 11.5 Å². The van der Waals surface area contributed by atoms with E-state index in [4.69, 9.17) is 23.2 Å². The lowest BCUT2D eigenvalue weighted by atomic mass is 10.1. The lowest BCUT2D eigenvalue weighted by Gasteiger charge is -2.13. The number of pyridine rings is 2. The fourth-order valence-electron chi connectivity index (χ4n) is 3.17. The molecule has 0 aliphatic carbocycles. The van der Waals surface area contributed by atoms with Gasteiger partial charge >= 0.3 is 0 Å². The molecule has 150 valence electrons. The van der Waals surface area contributed by atoms with Crippen molar-refractivity contribution in [1.29, 1.82) is 0 Å². The van der Waals surface area contributed by atoms with Crippen molar-refractivity contribution >= 4 is 45.8 Å². The Labute approximate surface area is 182 Å². The minimum atomic E-state index is -0.562. The fourth-order valence-corrected chi connectivity index (χ4v) is 3.51. The van der Waals surface area contributed by atoms with E-state index in [0.717, 1.165) is 11.1 Å². The molecule has 0 saturated carbocycles. The van der Waals surface area contributed by atoms with Crippen molar-refractivity contribution < 1.29 is 4.79 Å². The highest BCUT2D eigenvalue weighted by Gasteiger charge is 2.18. The quantitative estimate of drug-likeness (QED) is 0.470. The summed E-state index contributed by atoms with van der Waals surface area (Å²) >= 11 is 12.1. The Morgan fingerprint density at radius 3 is 2.60 bits per heavy atom. The maximum absolute atomic E-state index is 13.2. The molecule has 2 aromatic carbocycles. The monoisotopic (exact) mass is 437 g/mol. The molecule has 1 amide bonds. The minimum Gasteiger partial charge on any atom is -0.320 e. The average Bonchev–Trinajstić information content (AvgIpc) is 2.74. The molecule has 0 aliphatic heterocycles. The topological polar surface area (TPSA) is 64.0 Å². The maximum Gasteiger partial charge on any atom is 0.265 e. The Hall–Kier alpha value is -3.15. The lowest BCUT2D eigenvalue weighted by molar-refractivity contribution is 0.102. The second-order valence-corrected chi connectivity index (χ2v) is 7.77. The van der Waals surface area contributed by atoms with E-state index in [2.05, 4.69) is 10.3 Å². The zero-order chi connectivity index (χ0) is 21.3. The van der Waals surface area contributed by atoms with Crippen molar-refractivity contribution in [2.45, 2.75) is 13.5 Å². The van der Waals surface area contributed by atoms with Crippen LogP contribution >= 0.6 is 23.2 Å². The highest BCUT2D eigenvalue weighted by molar-refractivity contribution is 6.35. The molecule has 5 nitrogen and oxygen atoms in total. The Morgan fingerprint density at radius 1 is 1.07 bits per heavy atom. The van der Waals surface area contributed by atoms with Crippen LogP contribution in [0.15, 0.2) is 71.7 Å². The molecule has 0 saturated heterocycles.